The molecule has 0 saturated heterocycles. The molecular formula is C16H21N3O3S. The molecule has 1 N–H and O–H groups in total. The number of rotatable bonds is 4. The van der Waals surface area contributed by atoms with Crippen molar-refractivity contribution >= 4 is 10.0 Å². The van der Waals surface area contributed by atoms with E-state index in [0.29, 0.717) is 13.0 Å². The van der Waals surface area contributed by atoms with Crippen molar-refractivity contribution in [1.29, 1.82) is 0 Å². The van der Waals surface area contributed by atoms with Crippen LogP contribution in [-0.4, -0.2) is 24.8 Å². The van der Waals surface area contributed by atoms with Crippen molar-refractivity contribution < 1.29 is 13.2 Å². The first-order chi connectivity index (χ1) is 11.0. The molecule has 0 saturated carbocycles. The maximum atomic E-state index is 12.7. The van der Waals surface area contributed by atoms with Crippen LogP contribution in [-0.2, 0) is 10.0 Å². The molecule has 3 rings (SSSR count). The predicted molar refractivity (Wildman–Crippen MR) is 86.8 cm³/mol. The second-order valence-corrected chi connectivity index (χ2v) is 7.67. The first-order valence-electron chi connectivity index (χ1n) is 7.75. The Morgan fingerprint density at radius 2 is 2.13 bits per heavy atom. The number of fused-ring (bicyclic) bond motifs is 1. The molecule has 6 nitrogen and oxygen atoms in total. The van der Waals surface area contributed by atoms with Crippen LogP contribution in [0.2, 0.25) is 0 Å². The van der Waals surface area contributed by atoms with E-state index in [1.54, 1.807) is 10.9 Å². The monoisotopic (exact) mass is 335 g/mol. The van der Waals surface area contributed by atoms with Crippen LogP contribution in [0, 0.1) is 0 Å². The number of hydrogen-bond donors (Lipinski definition) is 1. The zero-order chi connectivity index (χ0) is 16.4. The van der Waals surface area contributed by atoms with Crippen molar-refractivity contribution in [2.75, 3.05) is 6.61 Å². The van der Waals surface area contributed by atoms with E-state index in [4.69, 9.17) is 4.74 Å². The summed E-state index contributed by atoms with van der Waals surface area (Å²) >= 11 is 0. The van der Waals surface area contributed by atoms with Crippen LogP contribution in [0.1, 0.15) is 44.3 Å². The molecule has 2 heterocycles. The van der Waals surface area contributed by atoms with Gasteiger partial charge >= 0.3 is 0 Å². The summed E-state index contributed by atoms with van der Waals surface area (Å²) in [6.45, 7) is 4.51. The molecule has 2 aromatic rings. The number of benzene rings is 1. The highest BCUT2D eigenvalue weighted by atomic mass is 32.2. The van der Waals surface area contributed by atoms with Gasteiger partial charge in [-0.05, 0) is 32.8 Å². The second kappa shape index (κ2) is 6.33. The predicted octanol–water partition coefficient (Wildman–Crippen LogP) is 2.66. The molecule has 0 aliphatic carbocycles. The lowest BCUT2D eigenvalue weighted by atomic mass is 10.0. The molecule has 1 unspecified atom stereocenters. The van der Waals surface area contributed by atoms with Gasteiger partial charge in [0.1, 0.15) is 10.6 Å². The zero-order valence-corrected chi connectivity index (χ0v) is 14.1. The fraction of sp³-hybridized carbons (Fsp3) is 0.438. The van der Waals surface area contributed by atoms with Gasteiger partial charge in [0.05, 0.1) is 18.8 Å². The minimum atomic E-state index is -3.62. The van der Waals surface area contributed by atoms with Gasteiger partial charge in [-0.3, -0.25) is 4.68 Å². The number of sulfonamides is 1. The van der Waals surface area contributed by atoms with E-state index in [9.17, 15) is 8.42 Å². The Balaban J connectivity index is 1.88. The fourth-order valence-corrected chi connectivity index (χ4v) is 3.83. The molecule has 7 heteroatoms. The summed E-state index contributed by atoms with van der Waals surface area (Å²) in [7, 11) is -3.62. The largest absolute Gasteiger partial charge is 0.493 e. The number of hydrogen-bond acceptors (Lipinski definition) is 4. The minimum absolute atomic E-state index is 0.117. The van der Waals surface area contributed by atoms with E-state index in [0.717, 1.165) is 17.7 Å². The molecule has 0 fully saturated rings. The van der Waals surface area contributed by atoms with E-state index >= 15 is 0 Å². The summed E-state index contributed by atoms with van der Waals surface area (Å²) in [6.07, 6.45) is 4.45. The number of nitrogens with one attached hydrogen (secondary N) is 1. The molecular weight excluding hydrogens is 314 g/mol. The summed E-state index contributed by atoms with van der Waals surface area (Å²) < 4.78 is 35.4. The molecule has 1 aliphatic heterocycles. The van der Waals surface area contributed by atoms with Gasteiger partial charge in [0, 0.05) is 17.8 Å². The highest BCUT2D eigenvalue weighted by molar-refractivity contribution is 7.89. The lowest BCUT2D eigenvalue weighted by molar-refractivity contribution is 0.316. The van der Waals surface area contributed by atoms with Crippen LogP contribution in [0.3, 0.4) is 0 Å². The molecule has 1 atom stereocenters. The van der Waals surface area contributed by atoms with Gasteiger partial charge in [-0.25, -0.2) is 13.1 Å². The van der Waals surface area contributed by atoms with Crippen molar-refractivity contribution in [1.82, 2.24) is 14.5 Å². The SMILES string of the molecule is CC(C)n1cc(S(=O)(=O)NC2CCCOc3ccccc32)cn1. The fourth-order valence-electron chi connectivity index (χ4n) is 2.64. The van der Waals surface area contributed by atoms with Gasteiger partial charge in [0.25, 0.3) is 0 Å². The normalized spacial score (nSPS) is 18.3. The van der Waals surface area contributed by atoms with Crippen LogP contribution in [0.5, 0.6) is 5.75 Å². The first kappa shape index (κ1) is 16.0. The maximum Gasteiger partial charge on any atom is 0.244 e. The summed E-state index contributed by atoms with van der Waals surface area (Å²) in [5, 5.41) is 4.11. The van der Waals surface area contributed by atoms with E-state index in [2.05, 4.69) is 9.82 Å². The van der Waals surface area contributed by atoms with Crippen molar-refractivity contribution in [2.45, 2.75) is 43.7 Å². The first-order valence-corrected chi connectivity index (χ1v) is 9.24. The highest BCUT2D eigenvalue weighted by Crippen LogP contribution is 2.32. The zero-order valence-electron chi connectivity index (χ0n) is 13.3. The average molecular weight is 335 g/mol. The maximum absolute atomic E-state index is 12.7. The number of nitrogens with zero attached hydrogens (tertiary/aromatic N) is 2. The van der Waals surface area contributed by atoms with Gasteiger partial charge < -0.3 is 4.74 Å². The molecule has 0 spiro atoms. The number of para-hydroxylation sites is 1. The molecule has 23 heavy (non-hydrogen) atoms. The molecule has 1 aromatic carbocycles. The van der Waals surface area contributed by atoms with E-state index in [1.807, 2.05) is 38.1 Å². The third-order valence-electron chi connectivity index (χ3n) is 3.90. The third-order valence-corrected chi connectivity index (χ3v) is 5.33. The van der Waals surface area contributed by atoms with Gasteiger partial charge in [-0.1, -0.05) is 18.2 Å². The quantitative estimate of drug-likeness (QED) is 0.932. The van der Waals surface area contributed by atoms with E-state index < -0.39 is 10.0 Å². The van der Waals surface area contributed by atoms with E-state index in [-0.39, 0.29) is 17.0 Å². The topological polar surface area (TPSA) is 73.2 Å². The minimum Gasteiger partial charge on any atom is -0.493 e. The Labute approximate surface area is 136 Å². The Hall–Kier alpha value is -1.86. The second-order valence-electron chi connectivity index (χ2n) is 5.95. The lowest BCUT2D eigenvalue weighted by Gasteiger charge is -2.17. The average Bonchev–Trinajstić information content (AvgIpc) is 2.94. The Bertz CT molecular complexity index is 783. The number of aromatic nitrogens is 2. The standard InChI is InChI=1S/C16H21N3O3S/c1-12(2)19-11-13(10-17-19)23(20,21)18-15-7-5-9-22-16-8-4-3-6-14(15)16/h3-4,6,8,10-12,15,18H,5,7,9H2,1-2H3. The van der Waals surface area contributed by atoms with Crippen molar-refractivity contribution in [3.63, 3.8) is 0 Å². The van der Waals surface area contributed by atoms with Gasteiger partial charge in [0.15, 0.2) is 0 Å². The third kappa shape index (κ3) is 3.40. The Morgan fingerprint density at radius 3 is 2.87 bits per heavy atom. The summed E-state index contributed by atoms with van der Waals surface area (Å²) in [4.78, 5) is 0.189. The lowest BCUT2D eigenvalue weighted by Crippen LogP contribution is -2.28. The van der Waals surface area contributed by atoms with Crippen molar-refractivity contribution in [2.24, 2.45) is 0 Å². The molecule has 1 aromatic heterocycles. The highest BCUT2D eigenvalue weighted by Gasteiger charge is 2.26. The van der Waals surface area contributed by atoms with Crippen molar-refractivity contribution in [3.05, 3.63) is 42.2 Å². The van der Waals surface area contributed by atoms with Crippen LogP contribution >= 0.6 is 0 Å². The molecule has 0 radical (unpaired) electrons. The van der Waals surface area contributed by atoms with Gasteiger partial charge in [-0.2, -0.15) is 5.10 Å². The van der Waals surface area contributed by atoms with Crippen molar-refractivity contribution in [3.8, 4) is 5.75 Å². The van der Waals surface area contributed by atoms with Crippen LogP contribution in [0.4, 0.5) is 0 Å². The number of ether oxygens (including phenoxy) is 1. The van der Waals surface area contributed by atoms with Crippen LogP contribution < -0.4 is 9.46 Å². The molecule has 124 valence electrons. The smallest absolute Gasteiger partial charge is 0.244 e. The molecule has 0 bridgehead atoms. The summed E-state index contributed by atoms with van der Waals surface area (Å²) in [5.41, 5.74) is 0.879. The molecule has 0 amide bonds. The Morgan fingerprint density at radius 1 is 1.35 bits per heavy atom. The van der Waals surface area contributed by atoms with Gasteiger partial charge in [0.2, 0.25) is 10.0 Å². The summed E-state index contributed by atoms with van der Waals surface area (Å²) in [5.74, 6) is 0.746. The van der Waals surface area contributed by atoms with Crippen LogP contribution in [0.15, 0.2) is 41.6 Å². The van der Waals surface area contributed by atoms with E-state index in [1.165, 1.54) is 6.20 Å². The van der Waals surface area contributed by atoms with Crippen LogP contribution in [0.25, 0.3) is 0 Å². The van der Waals surface area contributed by atoms with Gasteiger partial charge in [-0.15, -0.1) is 0 Å². The Kier molecular flexibility index (Phi) is 4.41. The summed E-state index contributed by atoms with van der Waals surface area (Å²) in [6, 6.07) is 7.39. The molecule has 1 aliphatic rings.